The summed E-state index contributed by atoms with van der Waals surface area (Å²) in [6.07, 6.45) is 0. The van der Waals surface area contributed by atoms with Crippen molar-refractivity contribution >= 4 is 22.4 Å². The molecule has 0 unspecified atom stereocenters. The standard InChI is InChI=1S/C15H14N4/c16-15(19-18-12-7-2-1-3-8-12)14-10-11-6-4-5-9-13(11)17-14/h1-10,17-18H,(H2,16,19). The Kier molecular flexibility index (Phi) is 2.90. The minimum Gasteiger partial charge on any atom is -0.381 e. The van der Waals surface area contributed by atoms with Gasteiger partial charge in [-0.15, -0.1) is 0 Å². The maximum absolute atomic E-state index is 5.96. The van der Waals surface area contributed by atoms with Gasteiger partial charge in [0.2, 0.25) is 0 Å². The molecule has 1 heterocycles. The zero-order chi connectivity index (χ0) is 13.1. The van der Waals surface area contributed by atoms with Gasteiger partial charge >= 0.3 is 0 Å². The molecule has 0 aliphatic heterocycles. The van der Waals surface area contributed by atoms with Crippen molar-refractivity contribution in [2.75, 3.05) is 5.43 Å². The fourth-order valence-electron chi connectivity index (χ4n) is 1.91. The molecule has 4 heteroatoms. The van der Waals surface area contributed by atoms with Gasteiger partial charge in [-0.1, -0.05) is 36.4 Å². The molecule has 2 aromatic carbocycles. The molecule has 3 rings (SSSR count). The smallest absolute Gasteiger partial charge is 0.167 e. The number of benzene rings is 2. The van der Waals surface area contributed by atoms with Crippen LogP contribution in [-0.2, 0) is 0 Å². The summed E-state index contributed by atoms with van der Waals surface area (Å²) in [7, 11) is 0. The Balaban J connectivity index is 1.85. The van der Waals surface area contributed by atoms with Crippen molar-refractivity contribution < 1.29 is 0 Å². The summed E-state index contributed by atoms with van der Waals surface area (Å²) >= 11 is 0. The summed E-state index contributed by atoms with van der Waals surface area (Å²) in [5.41, 5.74) is 11.7. The first-order valence-corrected chi connectivity index (χ1v) is 6.05. The maximum atomic E-state index is 5.96. The quantitative estimate of drug-likeness (QED) is 0.380. The van der Waals surface area contributed by atoms with Gasteiger partial charge in [0.1, 0.15) is 0 Å². The Morgan fingerprint density at radius 3 is 2.53 bits per heavy atom. The summed E-state index contributed by atoms with van der Waals surface area (Å²) in [5, 5.41) is 5.29. The Morgan fingerprint density at radius 1 is 1.00 bits per heavy atom. The molecule has 0 aliphatic carbocycles. The second-order valence-corrected chi connectivity index (χ2v) is 4.25. The molecule has 0 atom stereocenters. The van der Waals surface area contributed by atoms with Gasteiger partial charge in [-0.3, -0.25) is 5.43 Å². The molecule has 4 N–H and O–H groups in total. The van der Waals surface area contributed by atoms with E-state index in [-0.39, 0.29) is 0 Å². The van der Waals surface area contributed by atoms with Crippen LogP contribution in [0.15, 0.2) is 65.8 Å². The first-order chi connectivity index (χ1) is 9.33. The van der Waals surface area contributed by atoms with Crippen LogP contribution in [0.2, 0.25) is 0 Å². The third kappa shape index (κ3) is 2.42. The van der Waals surface area contributed by atoms with Gasteiger partial charge in [0.15, 0.2) is 5.84 Å². The molecule has 0 radical (unpaired) electrons. The van der Waals surface area contributed by atoms with E-state index in [2.05, 4.69) is 15.5 Å². The van der Waals surface area contributed by atoms with E-state index in [0.717, 1.165) is 22.3 Å². The molecular weight excluding hydrogens is 236 g/mol. The summed E-state index contributed by atoms with van der Waals surface area (Å²) in [4.78, 5) is 3.24. The van der Waals surface area contributed by atoms with E-state index in [1.807, 2.05) is 60.7 Å². The minimum atomic E-state index is 0.431. The van der Waals surface area contributed by atoms with Gasteiger partial charge in [0.25, 0.3) is 0 Å². The largest absolute Gasteiger partial charge is 0.381 e. The fourth-order valence-corrected chi connectivity index (χ4v) is 1.91. The second kappa shape index (κ2) is 4.86. The van der Waals surface area contributed by atoms with Crippen molar-refractivity contribution in [2.45, 2.75) is 0 Å². The SMILES string of the molecule is N/C(=N\Nc1ccccc1)c1cc2ccccc2[nH]1. The molecule has 0 aliphatic rings. The number of hydrazone groups is 1. The third-order valence-corrected chi connectivity index (χ3v) is 2.89. The van der Waals surface area contributed by atoms with E-state index in [9.17, 15) is 0 Å². The minimum absolute atomic E-state index is 0.431. The monoisotopic (exact) mass is 250 g/mol. The van der Waals surface area contributed by atoms with Gasteiger partial charge in [-0.2, -0.15) is 5.10 Å². The molecule has 0 bridgehead atoms. The summed E-state index contributed by atoms with van der Waals surface area (Å²) < 4.78 is 0. The molecule has 0 amide bonds. The van der Waals surface area contributed by atoms with Crippen molar-refractivity contribution in [3.05, 3.63) is 66.4 Å². The van der Waals surface area contributed by atoms with Crippen LogP contribution in [-0.4, -0.2) is 10.8 Å². The lowest BCUT2D eigenvalue weighted by molar-refractivity contribution is 1.28. The highest BCUT2D eigenvalue weighted by atomic mass is 15.3. The predicted molar refractivity (Wildman–Crippen MR) is 79.1 cm³/mol. The summed E-state index contributed by atoms with van der Waals surface area (Å²) in [6, 6.07) is 19.7. The first-order valence-electron chi connectivity index (χ1n) is 6.05. The number of aromatic amines is 1. The van der Waals surface area contributed by atoms with Crippen LogP contribution in [0.4, 0.5) is 5.69 Å². The Morgan fingerprint density at radius 2 is 1.74 bits per heavy atom. The fraction of sp³-hybridized carbons (Fsp3) is 0. The highest BCUT2D eigenvalue weighted by molar-refractivity contribution is 6.00. The summed E-state index contributed by atoms with van der Waals surface area (Å²) in [6.45, 7) is 0. The molecule has 94 valence electrons. The number of anilines is 1. The van der Waals surface area contributed by atoms with Crippen LogP contribution >= 0.6 is 0 Å². The average molecular weight is 250 g/mol. The zero-order valence-corrected chi connectivity index (χ0v) is 10.3. The molecule has 0 saturated heterocycles. The van der Waals surface area contributed by atoms with E-state index in [1.54, 1.807) is 0 Å². The number of aromatic nitrogens is 1. The van der Waals surface area contributed by atoms with Crippen LogP contribution in [0.5, 0.6) is 0 Å². The van der Waals surface area contributed by atoms with E-state index in [0.29, 0.717) is 5.84 Å². The normalized spacial score (nSPS) is 11.7. The van der Waals surface area contributed by atoms with E-state index >= 15 is 0 Å². The van der Waals surface area contributed by atoms with E-state index in [1.165, 1.54) is 0 Å². The number of hydrogen-bond donors (Lipinski definition) is 3. The molecule has 0 fully saturated rings. The van der Waals surface area contributed by atoms with Crippen molar-refractivity contribution in [3.63, 3.8) is 0 Å². The van der Waals surface area contributed by atoms with Gasteiger partial charge < -0.3 is 10.7 Å². The topological polar surface area (TPSA) is 66.2 Å². The second-order valence-electron chi connectivity index (χ2n) is 4.25. The summed E-state index contributed by atoms with van der Waals surface area (Å²) in [5.74, 6) is 0.431. The molecule has 1 aromatic heterocycles. The highest BCUT2D eigenvalue weighted by Crippen LogP contribution is 2.14. The Bertz CT molecular complexity index is 680. The van der Waals surface area contributed by atoms with Crippen LogP contribution in [0.1, 0.15) is 5.69 Å². The molecule has 19 heavy (non-hydrogen) atoms. The number of rotatable bonds is 3. The molecule has 0 saturated carbocycles. The van der Waals surface area contributed by atoms with Crippen LogP contribution in [0.3, 0.4) is 0 Å². The highest BCUT2D eigenvalue weighted by Gasteiger charge is 2.03. The first kappa shape index (κ1) is 11.3. The maximum Gasteiger partial charge on any atom is 0.167 e. The van der Waals surface area contributed by atoms with Gasteiger partial charge in [0, 0.05) is 10.9 Å². The van der Waals surface area contributed by atoms with Gasteiger partial charge in [-0.25, -0.2) is 0 Å². The zero-order valence-electron chi connectivity index (χ0n) is 10.3. The Hall–Kier alpha value is -2.75. The number of H-pyrrole nitrogens is 1. The van der Waals surface area contributed by atoms with Crippen LogP contribution in [0.25, 0.3) is 10.9 Å². The predicted octanol–water partition coefficient (Wildman–Crippen LogP) is 2.90. The lowest BCUT2D eigenvalue weighted by Crippen LogP contribution is -2.15. The molecular formula is C15H14N4. The molecule has 3 aromatic rings. The Labute approximate surface area is 110 Å². The van der Waals surface area contributed by atoms with Crippen molar-refractivity contribution in [1.29, 1.82) is 0 Å². The lowest BCUT2D eigenvalue weighted by atomic mass is 10.2. The third-order valence-electron chi connectivity index (χ3n) is 2.89. The van der Waals surface area contributed by atoms with Crippen molar-refractivity contribution in [3.8, 4) is 0 Å². The lowest BCUT2D eigenvalue weighted by Gasteiger charge is -2.01. The average Bonchev–Trinajstić information content (AvgIpc) is 2.90. The number of nitrogens with zero attached hydrogens (tertiary/aromatic N) is 1. The van der Waals surface area contributed by atoms with Crippen molar-refractivity contribution in [2.24, 2.45) is 10.8 Å². The molecule has 4 nitrogen and oxygen atoms in total. The number of hydrogen-bond acceptors (Lipinski definition) is 2. The van der Waals surface area contributed by atoms with Crippen LogP contribution in [0, 0.1) is 0 Å². The van der Waals surface area contributed by atoms with E-state index < -0.39 is 0 Å². The number of nitrogens with one attached hydrogen (secondary N) is 2. The number of fused-ring (bicyclic) bond motifs is 1. The number of amidine groups is 1. The van der Waals surface area contributed by atoms with Crippen LogP contribution < -0.4 is 11.2 Å². The van der Waals surface area contributed by atoms with Gasteiger partial charge in [0.05, 0.1) is 11.4 Å². The van der Waals surface area contributed by atoms with Crippen molar-refractivity contribution in [1.82, 2.24) is 4.98 Å². The van der Waals surface area contributed by atoms with E-state index in [4.69, 9.17) is 5.73 Å². The number of para-hydroxylation sites is 2. The number of nitrogens with two attached hydrogens (primary N) is 1. The van der Waals surface area contributed by atoms with Gasteiger partial charge in [-0.05, 0) is 24.3 Å². The molecule has 0 spiro atoms.